The summed E-state index contributed by atoms with van der Waals surface area (Å²) >= 11 is 6.02. The highest BCUT2D eigenvalue weighted by Gasteiger charge is 2.15. The lowest BCUT2D eigenvalue weighted by Crippen LogP contribution is -2.33. The van der Waals surface area contributed by atoms with Gasteiger partial charge in [0.2, 0.25) is 0 Å². The normalized spacial score (nSPS) is 11.8. The molecule has 6 nitrogen and oxygen atoms in total. The molecule has 0 aromatic heterocycles. The standard InChI is InChI=1S/C27H21ClN2O4/c1-18(33-25-12-6-8-20-7-2-3-9-22(20)25)26(31)30-29-17-19-13-15-21(16-14-19)34-27(32)23-10-4-5-11-24(23)28/h2-18H,1H3,(H,30,31)/b29-17-/t18-/m1/s1. The first-order chi connectivity index (χ1) is 16.5. The van der Waals surface area contributed by atoms with Crippen LogP contribution in [0.5, 0.6) is 11.5 Å². The fraction of sp³-hybridized carbons (Fsp3) is 0.0741. The van der Waals surface area contributed by atoms with Gasteiger partial charge >= 0.3 is 5.97 Å². The summed E-state index contributed by atoms with van der Waals surface area (Å²) in [7, 11) is 0. The van der Waals surface area contributed by atoms with Gasteiger partial charge in [0.05, 0.1) is 16.8 Å². The van der Waals surface area contributed by atoms with Crippen molar-refractivity contribution in [1.29, 1.82) is 0 Å². The van der Waals surface area contributed by atoms with Gasteiger partial charge < -0.3 is 9.47 Å². The Morgan fingerprint density at radius 1 is 0.912 bits per heavy atom. The molecule has 4 aromatic carbocycles. The topological polar surface area (TPSA) is 77.0 Å². The number of fused-ring (bicyclic) bond motifs is 1. The maximum atomic E-state index is 12.4. The molecule has 0 fully saturated rings. The predicted molar refractivity (Wildman–Crippen MR) is 133 cm³/mol. The van der Waals surface area contributed by atoms with Gasteiger partial charge in [-0.05, 0) is 60.3 Å². The van der Waals surface area contributed by atoms with Crippen molar-refractivity contribution in [2.75, 3.05) is 0 Å². The summed E-state index contributed by atoms with van der Waals surface area (Å²) in [6.45, 7) is 1.66. The minimum Gasteiger partial charge on any atom is -0.480 e. The molecule has 0 aliphatic rings. The van der Waals surface area contributed by atoms with Gasteiger partial charge in [0, 0.05) is 5.39 Å². The zero-order valence-corrected chi connectivity index (χ0v) is 19.0. The molecular weight excluding hydrogens is 452 g/mol. The van der Waals surface area contributed by atoms with Crippen molar-refractivity contribution in [3.8, 4) is 11.5 Å². The fourth-order valence-electron chi connectivity index (χ4n) is 3.21. The number of hydrazone groups is 1. The number of carbonyl (C=O) groups excluding carboxylic acids is 2. The molecule has 7 heteroatoms. The van der Waals surface area contributed by atoms with Gasteiger partial charge in [0.25, 0.3) is 5.91 Å². The predicted octanol–water partition coefficient (Wildman–Crippen LogP) is 5.63. The van der Waals surface area contributed by atoms with Crippen LogP contribution in [0.2, 0.25) is 5.02 Å². The zero-order chi connectivity index (χ0) is 23.9. The molecule has 4 rings (SSSR count). The van der Waals surface area contributed by atoms with E-state index in [2.05, 4.69) is 10.5 Å². The third kappa shape index (κ3) is 5.60. The second-order valence-electron chi connectivity index (χ2n) is 7.41. The summed E-state index contributed by atoms with van der Waals surface area (Å²) in [5, 5.41) is 6.28. The largest absolute Gasteiger partial charge is 0.480 e. The third-order valence-corrected chi connectivity index (χ3v) is 5.32. The molecule has 1 N–H and O–H groups in total. The minimum atomic E-state index is -0.741. The summed E-state index contributed by atoms with van der Waals surface area (Å²) in [4.78, 5) is 24.6. The first kappa shape index (κ1) is 23.0. The molecule has 34 heavy (non-hydrogen) atoms. The monoisotopic (exact) mass is 472 g/mol. The van der Waals surface area contributed by atoms with Crippen LogP contribution in [-0.2, 0) is 4.79 Å². The van der Waals surface area contributed by atoms with Crippen molar-refractivity contribution in [1.82, 2.24) is 5.43 Å². The van der Waals surface area contributed by atoms with Crippen LogP contribution in [0, 0.1) is 0 Å². The van der Waals surface area contributed by atoms with Crippen LogP contribution in [0.25, 0.3) is 10.8 Å². The third-order valence-electron chi connectivity index (χ3n) is 5.00. The summed E-state index contributed by atoms with van der Waals surface area (Å²) in [5.41, 5.74) is 3.48. The Hall–Kier alpha value is -4.16. The average Bonchev–Trinajstić information content (AvgIpc) is 2.85. The molecule has 0 aliphatic carbocycles. The first-order valence-electron chi connectivity index (χ1n) is 10.6. The van der Waals surface area contributed by atoms with Crippen LogP contribution in [0.3, 0.4) is 0 Å². The smallest absolute Gasteiger partial charge is 0.345 e. The molecule has 0 aliphatic heterocycles. The van der Waals surface area contributed by atoms with Gasteiger partial charge in [-0.25, -0.2) is 10.2 Å². The van der Waals surface area contributed by atoms with E-state index in [1.54, 1.807) is 55.5 Å². The number of nitrogens with zero attached hydrogens (tertiary/aromatic N) is 1. The number of halogens is 1. The Kier molecular flexibility index (Phi) is 7.20. The number of ether oxygens (including phenoxy) is 2. The maximum Gasteiger partial charge on any atom is 0.345 e. The van der Waals surface area contributed by atoms with Crippen molar-refractivity contribution in [3.05, 3.63) is 107 Å². The van der Waals surface area contributed by atoms with E-state index in [0.29, 0.717) is 22.1 Å². The van der Waals surface area contributed by atoms with Gasteiger partial charge in [0.1, 0.15) is 11.5 Å². The summed E-state index contributed by atoms with van der Waals surface area (Å²) < 4.78 is 11.2. The van der Waals surface area contributed by atoms with Crippen LogP contribution >= 0.6 is 11.6 Å². The molecule has 1 amide bonds. The molecule has 0 saturated heterocycles. The quantitative estimate of drug-likeness (QED) is 0.164. The molecular formula is C27H21ClN2O4. The van der Waals surface area contributed by atoms with Crippen molar-refractivity contribution < 1.29 is 19.1 Å². The maximum absolute atomic E-state index is 12.4. The Balaban J connectivity index is 1.31. The number of rotatable bonds is 7. The van der Waals surface area contributed by atoms with Gasteiger partial charge in [-0.3, -0.25) is 4.79 Å². The molecule has 0 heterocycles. The highest BCUT2D eigenvalue weighted by molar-refractivity contribution is 6.33. The number of esters is 1. The molecule has 0 spiro atoms. The highest BCUT2D eigenvalue weighted by atomic mass is 35.5. The van der Waals surface area contributed by atoms with Crippen LogP contribution in [0.15, 0.2) is 96.1 Å². The van der Waals surface area contributed by atoms with Gasteiger partial charge in [-0.15, -0.1) is 0 Å². The Labute approximate surface area is 201 Å². The van der Waals surface area contributed by atoms with E-state index in [-0.39, 0.29) is 11.5 Å². The molecule has 0 unspecified atom stereocenters. The fourth-order valence-corrected chi connectivity index (χ4v) is 3.43. The number of carbonyl (C=O) groups is 2. The number of benzene rings is 4. The van der Waals surface area contributed by atoms with Crippen molar-refractivity contribution in [2.45, 2.75) is 13.0 Å². The molecule has 1 atom stereocenters. The highest BCUT2D eigenvalue weighted by Crippen LogP contribution is 2.26. The Morgan fingerprint density at radius 2 is 1.62 bits per heavy atom. The van der Waals surface area contributed by atoms with Crippen LogP contribution in [-0.4, -0.2) is 24.2 Å². The molecule has 0 radical (unpaired) electrons. The lowest BCUT2D eigenvalue weighted by Gasteiger charge is -2.14. The zero-order valence-electron chi connectivity index (χ0n) is 18.3. The van der Waals surface area contributed by atoms with Gasteiger partial charge in [-0.2, -0.15) is 5.10 Å². The lowest BCUT2D eigenvalue weighted by atomic mass is 10.1. The van der Waals surface area contributed by atoms with Crippen LogP contribution in [0.1, 0.15) is 22.8 Å². The number of amides is 1. The molecule has 170 valence electrons. The number of nitrogens with one attached hydrogen (secondary N) is 1. The van der Waals surface area contributed by atoms with Crippen molar-refractivity contribution in [2.24, 2.45) is 5.10 Å². The van der Waals surface area contributed by atoms with Crippen LogP contribution in [0.4, 0.5) is 0 Å². The second kappa shape index (κ2) is 10.6. The van der Waals surface area contributed by atoms with Crippen molar-refractivity contribution in [3.63, 3.8) is 0 Å². The van der Waals surface area contributed by atoms with Gasteiger partial charge in [0.15, 0.2) is 6.10 Å². The summed E-state index contributed by atoms with van der Waals surface area (Å²) in [6, 6.07) is 26.9. The van der Waals surface area contributed by atoms with E-state index >= 15 is 0 Å². The van der Waals surface area contributed by atoms with Crippen molar-refractivity contribution >= 4 is 40.5 Å². The van der Waals surface area contributed by atoms with E-state index in [1.807, 2.05) is 42.5 Å². The van der Waals surface area contributed by atoms with E-state index in [1.165, 1.54) is 6.21 Å². The van der Waals surface area contributed by atoms with E-state index in [4.69, 9.17) is 21.1 Å². The Morgan fingerprint density at radius 3 is 2.41 bits per heavy atom. The number of hydrogen-bond donors (Lipinski definition) is 1. The SMILES string of the molecule is C[C@@H](Oc1cccc2ccccc12)C(=O)N/N=C\c1ccc(OC(=O)c2ccccc2Cl)cc1. The van der Waals surface area contributed by atoms with Gasteiger partial charge in [-0.1, -0.05) is 60.1 Å². The Bertz CT molecular complexity index is 1350. The van der Waals surface area contributed by atoms with E-state index < -0.39 is 12.1 Å². The van der Waals surface area contributed by atoms with E-state index in [0.717, 1.165) is 10.8 Å². The summed E-state index contributed by atoms with van der Waals surface area (Å²) in [5.74, 6) is 0.0730. The average molecular weight is 473 g/mol. The molecule has 4 aromatic rings. The molecule has 0 bridgehead atoms. The lowest BCUT2D eigenvalue weighted by molar-refractivity contribution is -0.127. The van der Waals surface area contributed by atoms with Crippen LogP contribution < -0.4 is 14.9 Å². The molecule has 0 saturated carbocycles. The minimum absolute atomic E-state index is 0.289. The second-order valence-corrected chi connectivity index (χ2v) is 7.82. The number of hydrogen-bond acceptors (Lipinski definition) is 5. The van der Waals surface area contributed by atoms with E-state index in [9.17, 15) is 9.59 Å². The first-order valence-corrected chi connectivity index (χ1v) is 10.9. The summed E-state index contributed by atoms with van der Waals surface area (Å²) in [6.07, 6.45) is 0.747.